The molecule has 1 rings (SSSR count). The molecule has 0 aliphatic carbocycles. The van der Waals surface area contributed by atoms with Crippen LogP contribution in [-0.2, 0) is 0 Å². The normalized spacial score (nSPS) is 10.0. The van der Waals surface area contributed by atoms with Gasteiger partial charge in [-0.05, 0) is 13.8 Å². The Balaban J connectivity index is 3.76. The Morgan fingerprint density at radius 1 is 0.824 bits per heavy atom. The highest BCUT2D eigenvalue weighted by atomic mass is 16.6. The topological polar surface area (TPSA) is 129 Å². The van der Waals surface area contributed by atoms with Crippen molar-refractivity contribution in [3.63, 3.8) is 0 Å². The number of benzene rings is 1. The second-order valence-electron chi connectivity index (χ2n) is 3.28. The molecule has 0 saturated heterocycles. The Kier molecular flexibility index (Phi) is 3.03. The van der Waals surface area contributed by atoms with Crippen LogP contribution >= 0.6 is 0 Å². The quantitative estimate of drug-likeness (QED) is 0.587. The largest absolute Gasteiger partial charge is 0.288 e. The smallest absolute Gasteiger partial charge is 0.258 e. The first kappa shape index (κ1) is 12.5. The Morgan fingerprint density at radius 2 is 1.18 bits per heavy atom. The van der Waals surface area contributed by atoms with E-state index in [1.807, 2.05) is 0 Å². The van der Waals surface area contributed by atoms with Crippen molar-refractivity contribution in [2.45, 2.75) is 13.8 Å². The maximum Gasteiger partial charge on any atom is 0.288 e. The van der Waals surface area contributed by atoms with Gasteiger partial charge in [0.1, 0.15) is 11.1 Å². The fraction of sp³-hybridized carbons (Fsp3) is 0.250. The average Bonchev–Trinajstić information content (AvgIpc) is 2.15. The number of nitrogens with zero attached hydrogens (tertiary/aromatic N) is 3. The molecule has 1 aromatic carbocycles. The molecule has 0 saturated carbocycles. The average molecular weight is 241 g/mol. The molecule has 0 aromatic heterocycles. The van der Waals surface area contributed by atoms with Crippen LogP contribution in [0.4, 0.5) is 17.1 Å². The molecule has 90 valence electrons. The zero-order valence-corrected chi connectivity index (χ0v) is 8.87. The van der Waals surface area contributed by atoms with Gasteiger partial charge in [0.15, 0.2) is 0 Å². The summed E-state index contributed by atoms with van der Waals surface area (Å²) in [4.78, 5) is 29.4. The van der Waals surface area contributed by atoms with E-state index in [2.05, 4.69) is 0 Å². The van der Waals surface area contributed by atoms with Crippen LogP contribution in [0.5, 0.6) is 0 Å². The predicted molar refractivity (Wildman–Crippen MR) is 55.9 cm³/mol. The molecule has 0 fully saturated rings. The monoisotopic (exact) mass is 241 g/mol. The first-order chi connectivity index (χ1) is 7.77. The number of nitro benzene ring substituents is 3. The number of hydrogen-bond donors (Lipinski definition) is 0. The van der Waals surface area contributed by atoms with Crippen LogP contribution < -0.4 is 0 Å². The van der Waals surface area contributed by atoms with E-state index in [1.165, 1.54) is 13.8 Å². The molecule has 0 amide bonds. The number of nitro groups is 3. The van der Waals surface area contributed by atoms with Gasteiger partial charge in [-0.15, -0.1) is 0 Å². The van der Waals surface area contributed by atoms with Crippen molar-refractivity contribution in [3.8, 4) is 0 Å². The Labute approximate surface area is 94.1 Å². The molecular formula is C8H7N3O6. The third-order valence-electron chi connectivity index (χ3n) is 2.33. The van der Waals surface area contributed by atoms with E-state index < -0.39 is 31.8 Å². The summed E-state index contributed by atoms with van der Waals surface area (Å²) in [6, 6.07) is 0.734. The number of hydrogen-bond acceptors (Lipinski definition) is 6. The summed E-state index contributed by atoms with van der Waals surface area (Å²) < 4.78 is 0. The van der Waals surface area contributed by atoms with Gasteiger partial charge in [-0.1, -0.05) is 0 Å². The van der Waals surface area contributed by atoms with E-state index in [9.17, 15) is 30.3 Å². The first-order valence-corrected chi connectivity index (χ1v) is 4.34. The van der Waals surface area contributed by atoms with Crippen molar-refractivity contribution >= 4 is 17.1 Å². The fourth-order valence-electron chi connectivity index (χ4n) is 1.52. The fourth-order valence-corrected chi connectivity index (χ4v) is 1.52. The van der Waals surface area contributed by atoms with Gasteiger partial charge >= 0.3 is 0 Å². The summed E-state index contributed by atoms with van der Waals surface area (Å²) in [5.74, 6) is 0. The highest BCUT2D eigenvalue weighted by Gasteiger charge is 2.31. The lowest BCUT2D eigenvalue weighted by Crippen LogP contribution is -2.03. The maximum atomic E-state index is 10.8. The van der Waals surface area contributed by atoms with Crippen LogP contribution in [-0.4, -0.2) is 14.8 Å². The second-order valence-corrected chi connectivity index (χ2v) is 3.28. The lowest BCUT2D eigenvalue weighted by atomic mass is 10.1. The summed E-state index contributed by atoms with van der Waals surface area (Å²) in [6.07, 6.45) is 0. The zero-order chi connectivity index (χ0) is 13.3. The summed E-state index contributed by atoms with van der Waals surface area (Å²) in [5.41, 5.74) is -2.24. The van der Waals surface area contributed by atoms with Crippen LogP contribution in [0.15, 0.2) is 6.07 Å². The van der Waals surface area contributed by atoms with E-state index in [-0.39, 0.29) is 11.1 Å². The molecular weight excluding hydrogens is 234 g/mol. The van der Waals surface area contributed by atoms with E-state index in [0.29, 0.717) is 0 Å². The SMILES string of the molecule is Cc1c([N+](=O)[O-])cc([N+](=O)[O-])c(C)c1[N+](=O)[O-]. The Bertz CT molecular complexity index is 500. The van der Waals surface area contributed by atoms with Gasteiger partial charge in [-0.2, -0.15) is 0 Å². The van der Waals surface area contributed by atoms with E-state index in [1.54, 1.807) is 0 Å². The van der Waals surface area contributed by atoms with Crippen molar-refractivity contribution < 1.29 is 14.8 Å². The molecule has 0 bridgehead atoms. The van der Waals surface area contributed by atoms with Crippen molar-refractivity contribution in [2.75, 3.05) is 0 Å². The van der Waals surface area contributed by atoms with Gasteiger partial charge < -0.3 is 0 Å². The van der Waals surface area contributed by atoms with E-state index in [4.69, 9.17) is 0 Å². The molecule has 0 aliphatic rings. The van der Waals surface area contributed by atoms with Crippen LogP contribution in [0, 0.1) is 44.2 Å². The van der Waals surface area contributed by atoms with Crippen molar-refractivity contribution in [1.82, 2.24) is 0 Å². The van der Waals surface area contributed by atoms with Gasteiger partial charge in [-0.3, -0.25) is 30.3 Å². The van der Waals surface area contributed by atoms with E-state index >= 15 is 0 Å². The molecule has 0 heterocycles. The van der Waals surface area contributed by atoms with Crippen LogP contribution in [0.1, 0.15) is 11.1 Å². The van der Waals surface area contributed by atoms with Gasteiger partial charge in [-0.25, -0.2) is 0 Å². The molecule has 0 radical (unpaired) electrons. The standard InChI is InChI=1S/C8H7N3O6/c1-4-6(9(12)13)3-7(10(14)15)5(2)8(4)11(16)17/h3H,1-2H3. The first-order valence-electron chi connectivity index (χ1n) is 4.34. The minimum atomic E-state index is -0.880. The van der Waals surface area contributed by atoms with Crippen LogP contribution in [0.25, 0.3) is 0 Å². The van der Waals surface area contributed by atoms with Gasteiger partial charge in [0, 0.05) is 0 Å². The van der Waals surface area contributed by atoms with Crippen LogP contribution in [0.3, 0.4) is 0 Å². The summed E-state index contributed by atoms with van der Waals surface area (Å²) in [6.45, 7) is 2.37. The van der Waals surface area contributed by atoms with Gasteiger partial charge in [0.05, 0.1) is 20.8 Å². The Hall–Kier alpha value is -2.58. The molecule has 17 heavy (non-hydrogen) atoms. The maximum absolute atomic E-state index is 10.8. The third kappa shape index (κ3) is 2.02. The third-order valence-corrected chi connectivity index (χ3v) is 2.33. The van der Waals surface area contributed by atoms with Crippen molar-refractivity contribution in [2.24, 2.45) is 0 Å². The molecule has 9 heteroatoms. The molecule has 9 nitrogen and oxygen atoms in total. The van der Waals surface area contributed by atoms with Crippen molar-refractivity contribution in [3.05, 3.63) is 47.5 Å². The minimum Gasteiger partial charge on any atom is -0.258 e. The molecule has 1 aromatic rings. The minimum absolute atomic E-state index is 0.192. The van der Waals surface area contributed by atoms with Gasteiger partial charge in [0.2, 0.25) is 0 Å². The highest BCUT2D eigenvalue weighted by Crippen LogP contribution is 2.37. The summed E-state index contributed by atoms with van der Waals surface area (Å²) >= 11 is 0. The molecule has 0 spiro atoms. The molecule has 0 N–H and O–H groups in total. The molecule has 0 aliphatic heterocycles. The predicted octanol–water partition coefficient (Wildman–Crippen LogP) is 2.03. The van der Waals surface area contributed by atoms with E-state index in [0.717, 1.165) is 6.07 Å². The zero-order valence-electron chi connectivity index (χ0n) is 8.87. The molecule has 0 atom stereocenters. The second kappa shape index (κ2) is 4.12. The number of rotatable bonds is 3. The summed E-state index contributed by atoms with van der Waals surface area (Å²) in [7, 11) is 0. The van der Waals surface area contributed by atoms with Gasteiger partial charge in [0.25, 0.3) is 17.1 Å². The Morgan fingerprint density at radius 3 is 1.41 bits per heavy atom. The van der Waals surface area contributed by atoms with Crippen molar-refractivity contribution in [1.29, 1.82) is 0 Å². The lowest BCUT2D eigenvalue weighted by Gasteiger charge is -2.03. The summed E-state index contributed by atoms with van der Waals surface area (Å²) in [5, 5.41) is 32.0. The molecule has 0 unspecified atom stereocenters. The van der Waals surface area contributed by atoms with Crippen LogP contribution in [0.2, 0.25) is 0 Å². The lowest BCUT2D eigenvalue weighted by molar-refractivity contribution is -0.404. The highest BCUT2D eigenvalue weighted by molar-refractivity contribution is 5.65.